The van der Waals surface area contributed by atoms with Gasteiger partial charge in [-0.05, 0) is 39.5 Å². The molecule has 0 amide bonds. The predicted octanol–water partition coefficient (Wildman–Crippen LogP) is 3.72. The van der Waals surface area contributed by atoms with Crippen LogP contribution in [0.1, 0.15) is 66.7 Å². The fourth-order valence-corrected chi connectivity index (χ4v) is 3.07. The highest BCUT2D eigenvalue weighted by molar-refractivity contribution is 5.95. The zero-order chi connectivity index (χ0) is 16.0. The molecule has 0 N–H and O–H groups in total. The molecule has 1 aliphatic rings. The molecule has 0 aromatic heterocycles. The Morgan fingerprint density at radius 2 is 1.24 bits per heavy atom. The third kappa shape index (κ3) is 5.68. The molecule has 1 rings (SSSR count). The lowest BCUT2D eigenvalue weighted by Gasteiger charge is -2.32. The highest BCUT2D eigenvalue weighted by Gasteiger charge is 2.39. The van der Waals surface area contributed by atoms with Crippen molar-refractivity contribution in [2.45, 2.75) is 78.9 Å². The summed E-state index contributed by atoms with van der Waals surface area (Å²) in [6, 6.07) is 0. The van der Waals surface area contributed by atoms with Crippen molar-refractivity contribution in [1.82, 2.24) is 0 Å². The second kappa shape index (κ2) is 8.40. The van der Waals surface area contributed by atoms with Crippen LogP contribution in [0, 0.1) is 17.8 Å². The highest BCUT2D eigenvalue weighted by atomic mass is 16.6. The van der Waals surface area contributed by atoms with E-state index < -0.39 is 17.9 Å². The Morgan fingerprint density at radius 3 is 1.62 bits per heavy atom. The van der Waals surface area contributed by atoms with E-state index in [-0.39, 0.29) is 18.1 Å². The summed E-state index contributed by atoms with van der Waals surface area (Å²) in [5, 5.41) is 0. The van der Waals surface area contributed by atoms with Crippen molar-refractivity contribution in [2.24, 2.45) is 17.8 Å². The molecule has 21 heavy (non-hydrogen) atoms. The molecule has 1 fully saturated rings. The van der Waals surface area contributed by atoms with Crippen LogP contribution in [0.15, 0.2) is 0 Å². The molecule has 0 saturated heterocycles. The van der Waals surface area contributed by atoms with E-state index in [1.165, 1.54) is 19.3 Å². The second-order valence-corrected chi connectivity index (χ2v) is 6.71. The molecule has 122 valence electrons. The molecule has 0 bridgehead atoms. The van der Waals surface area contributed by atoms with Crippen molar-refractivity contribution in [3.8, 4) is 0 Å². The lowest BCUT2D eigenvalue weighted by molar-refractivity contribution is -0.170. The molecule has 0 heterocycles. The summed E-state index contributed by atoms with van der Waals surface area (Å²) in [7, 11) is 0. The van der Waals surface area contributed by atoms with Crippen LogP contribution in [-0.2, 0) is 19.1 Å². The third-order valence-corrected chi connectivity index (χ3v) is 4.13. The minimum atomic E-state index is -0.794. The molecule has 4 heteroatoms. The lowest BCUT2D eigenvalue weighted by Crippen LogP contribution is -2.38. The molecule has 1 atom stereocenters. The molecule has 0 radical (unpaired) electrons. The van der Waals surface area contributed by atoms with E-state index >= 15 is 0 Å². The second-order valence-electron chi connectivity index (χ2n) is 6.71. The van der Waals surface area contributed by atoms with E-state index in [1.54, 1.807) is 27.7 Å². The Bertz CT molecular complexity index is 321. The fourth-order valence-electron chi connectivity index (χ4n) is 3.07. The first-order valence-electron chi connectivity index (χ1n) is 8.24. The molecular formula is C17H30O4. The Hall–Kier alpha value is -1.06. The maximum Gasteiger partial charge on any atom is 0.320 e. The maximum atomic E-state index is 12.3. The van der Waals surface area contributed by atoms with Gasteiger partial charge < -0.3 is 9.47 Å². The van der Waals surface area contributed by atoms with Gasteiger partial charge in [0.2, 0.25) is 0 Å². The van der Waals surface area contributed by atoms with Crippen molar-refractivity contribution in [2.75, 3.05) is 0 Å². The summed E-state index contributed by atoms with van der Waals surface area (Å²) < 4.78 is 10.6. The molecule has 0 aromatic rings. The van der Waals surface area contributed by atoms with E-state index in [4.69, 9.17) is 9.47 Å². The molecule has 1 unspecified atom stereocenters. The lowest BCUT2D eigenvalue weighted by atomic mass is 9.75. The van der Waals surface area contributed by atoms with Crippen LogP contribution in [0.5, 0.6) is 0 Å². The van der Waals surface area contributed by atoms with E-state index in [0.29, 0.717) is 5.92 Å². The van der Waals surface area contributed by atoms with Gasteiger partial charge in [0, 0.05) is 0 Å². The normalized spacial score (nSPS) is 18.1. The number of hydrogen-bond acceptors (Lipinski definition) is 4. The maximum absolute atomic E-state index is 12.3. The van der Waals surface area contributed by atoms with Gasteiger partial charge in [0.25, 0.3) is 0 Å². The smallest absolute Gasteiger partial charge is 0.320 e. The van der Waals surface area contributed by atoms with Crippen molar-refractivity contribution >= 4 is 11.9 Å². The predicted molar refractivity (Wildman–Crippen MR) is 81.7 cm³/mol. The van der Waals surface area contributed by atoms with Gasteiger partial charge in [0.15, 0.2) is 5.92 Å². The van der Waals surface area contributed by atoms with E-state index in [1.807, 2.05) is 6.92 Å². The molecule has 4 nitrogen and oxygen atoms in total. The molecule has 0 aromatic carbocycles. The Balaban J connectivity index is 2.83. The summed E-state index contributed by atoms with van der Waals surface area (Å²) in [5.74, 6) is -1.29. The highest BCUT2D eigenvalue weighted by Crippen LogP contribution is 2.35. The average Bonchev–Trinajstić information content (AvgIpc) is 2.38. The summed E-state index contributed by atoms with van der Waals surface area (Å²) in [6.07, 6.45) is 5.35. The van der Waals surface area contributed by atoms with Crippen molar-refractivity contribution < 1.29 is 19.1 Å². The van der Waals surface area contributed by atoms with Crippen LogP contribution in [0.4, 0.5) is 0 Å². The van der Waals surface area contributed by atoms with E-state index in [0.717, 1.165) is 12.8 Å². The number of carbonyl (C=O) groups excluding carboxylic acids is 2. The first kappa shape index (κ1) is 18.0. The molecule has 0 spiro atoms. The number of hydrogen-bond donors (Lipinski definition) is 0. The van der Waals surface area contributed by atoms with E-state index in [9.17, 15) is 9.59 Å². The monoisotopic (exact) mass is 298 g/mol. The first-order valence-corrected chi connectivity index (χ1v) is 8.24. The zero-order valence-corrected chi connectivity index (χ0v) is 14.1. The largest absolute Gasteiger partial charge is 0.462 e. The van der Waals surface area contributed by atoms with Gasteiger partial charge in [0.05, 0.1) is 12.2 Å². The summed E-state index contributed by atoms with van der Waals surface area (Å²) in [5.41, 5.74) is 0. The van der Waals surface area contributed by atoms with Crippen LogP contribution in [0.2, 0.25) is 0 Å². The molecule has 0 aliphatic heterocycles. The van der Waals surface area contributed by atoms with Crippen LogP contribution in [0.3, 0.4) is 0 Å². The first-order chi connectivity index (χ1) is 9.82. The third-order valence-electron chi connectivity index (χ3n) is 4.13. The average molecular weight is 298 g/mol. The topological polar surface area (TPSA) is 52.6 Å². The van der Waals surface area contributed by atoms with Crippen LogP contribution in [-0.4, -0.2) is 24.1 Å². The summed E-state index contributed by atoms with van der Waals surface area (Å²) >= 11 is 0. The van der Waals surface area contributed by atoms with Gasteiger partial charge >= 0.3 is 11.9 Å². The van der Waals surface area contributed by atoms with Crippen LogP contribution >= 0.6 is 0 Å². The zero-order valence-electron chi connectivity index (χ0n) is 14.1. The van der Waals surface area contributed by atoms with Gasteiger partial charge in [-0.15, -0.1) is 0 Å². The van der Waals surface area contributed by atoms with Gasteiger partial charge in [-0.1, -0.05) is 39.0 Å². The van der Waals surface area contributed by atoms with Crippen molar-refractivity contribution in [3.63, 3.8) is 0 Å². The van der Waals surface area contributed by atoms with Gasteiger partial charge in [-0.25, -0.2) is 0 Å². The number of rotatable bonds is 6. The SMILES string of the molecule is CC(C)OC(=O)C(C(=O)OC(C)C)C(C)C1CCCCC1. The number of carbonyl (C=O) groups is 2. The van der Waals surface area contributed by atoms with Crippen LogP contribution < -0.4 is 0 Å². The molecular weight excluding hydrogens is 268 g/mol. The molecule has 1 saturated carbocycles. The summed E-state index contributed by atoms with van der Waals surface area (Å²) in [6.45, 7) is 9.19. The summed E-state index contributed by atoms with van der Waals surface area (Å²) in [4.78, 5) is 24.7. The standard InChI is InChI=1S/C17H30O4/c1-11(2)20-16(18)15(17(19)21-12(3)4)13(5)14-9-7-6-8-10-14/h11-15H,6-10H2,1-5H3. The number of ether oxygens (including phenoxy) is 2. The van der Waals surface area contributed by atoms with Gasteiger partial charge in [-0.3, -0.25) is 9.59 Å². The Morgan fingerprint density at radius 1 is 0.810 bits per heavy atom. The number of esters is 2. The Labute approximate surface area is 128 Å². The van der Waals surface area contributed by atoms with Gasteiger partial charge in [0.1, 0.15) is 0 Å². The minimum absolute atomic E-state index is 0.0252. The van der Waals surface area contributed by atoms with Crippen molar-refractivity contribution in [3.05, 3.63) is 0 Å². The quantitative estimate of drug-likeness (QED) is 0.554. The van der Waals surface area contributed by atoms with Crippen molar-refractivity contribution in [1.29, 1.82) is 0 Å². The fraction of sp³-hybridized carbons (Fsp3) is 0.882. The Kier molecular flexibility index (Phi) is 7.20. The van der Waals surface area contributed by atoms with Gasteiger partial charge in [-0.2, -0.15) is 0 Å². The van der Waals surface area contributed by atoms with E-state index in [2.05, 4.69) is 0 Å². The molecule has 1 aliphatic carbocycles. The van der Waals surface area contributed by atoms with Crippen LogP contribution in [0.25, 0.3) is 0 Å². The minimum Gasteiger partial charge on any atom is -0.462 e.